The van der Waals surface area contributed by atoms with Gasteiger partial charge in [-0.15, -0.1) is 0 Å². The van der Waals surface area contributed by atoms with Gasteiger partial charge in [-0.3, -0.25) is 4.99 Å². The average Bonchev–Trinajstić information content (AvgIpc) is 3.36. The Morgan fingerprint density at radius 3 is 2.17 bits per heavy atom. The van der Waals surface area contributed by atoms with Crippen molar-refractivity contribution in [2.45, 2.75) is 44.4 Å². The Kier molecular flexibility index (Phi) is 5.50. The standard InChI is InChI=1S/C40H33N/c1-40(2)36-23-30(17-19-33(36)35-22-31-21-29-15-9-10-16-32(29)34(31)25-37(35)40)38-20-18-28(26-11-5-3-6-12-26)24-39(41-38)27-13-7-4-8-14-27/h3-17,19,22-25,28H,18,20-21H2,1-2H3. The van der Waals surface area contributed by atoms with Crippen molar-refractivity contribution in [3.63, 3.8) is 0 Å². The van der Waals surface area contributed by atoms with Crippen LogP contribution in [0.2, 0.25) is 0 Å². The van der Waals surface area contributed by atoms with Crippen LogP contribution in [0, 0.1) is 0 Å². The molecule has 0 saturated heterocycles. The molecule has 1 unspecified atom stereocenters. The second-order valence-electron chi connectivity index (χ2n) is 12.3. The normalized spacial score (nSPS) is 18.0. The van der Waals surface area contributed by atoms with Gasteiger partial charge in [-0.1, -0.05) is 117 Å². The molecule has 1 heteroatoms. The summed E-state index contributed by atoms with van der Waals surface area (Å²) in [4.78, 5) is 5.37. The Bertz CT molecular complexity index is 1870. The minimum atomic E-state index is -0.0663. The molecule has 0 fully saturated rings. The summed E-state index contributed by atoms with van der Waals surface area (Å²) < 4.78 is 0. The van der Waals surface area contributed by atoms with Gasteiger partial charge in [0.1, 0.15) is 0 Å². The molecule has 0 saturated carbocycles. The van der Waals surface area contributed by atoms with Crippen molar-refractivity contribution in [3.05, 3.63) is 160 Å². The monoisotopic (exact) mass is 527 g/mol. The third kappa shape index (κ3) is 3.95. The maximum absolute atomic E-state index is 5.37. The highest BCUT2D eigenvalue weighted by atomic mass is 14.8. The number of hydrogen-bond donors (Lipinski definition) is 0. The van der Waals surface area contributed by atoms with Gasteiger partial charge in [0.2, 0.25) is 0 Å². The van der Waals surface area contributed by atoms with Crippen LogP contribution in [0.25, 0.3) is 28.0 Å². The van der Waals surface area contributed by atoms with Gasteiger partial charge in [-0.05, 0) is 98.7 Å². The lowest BCUT2D eigenvalue weighted by molar-refractivity contribution is 0.660. The zero-order valence-corrected chi connectivity index (χ0v) is 23.7. The smallest absolute Gasteiger partial charge is 0.0671 e. The minimum absolute atomic E-state index is 0.0663. The lowest BCUT2D eigenvalue weighted by Crippen LogP contribution is -2.16. The number of hydrogen-bond acceptors (Lipinski definition) is 1. The molecule has 0 amide bonds. The summed E-state index contributed by atoms with van der Waals surface area (Å²) >= 11 is 0. The molecule has 0 radical (unpaired) electrons. The first-order chi connectivity index (χ1) is 20.1. The number of fused-ring (bicyclic) bond motifs is 6. The number of aliphatic imine (C=N–C) groups is 1. The van der Waals surface area contributed by atoms with Crippen LogP contribution in [0.4, 0.5) is 0 Å². The molecule has 198 valence electrons. The van der Waals surface area contributed by atoms with Gasteiger partial charge >= 0.3 is 0 Å². The Morgan fingerprint density at radius 1 is 0.610 bits per heavy atom. The van der Waals surface area contributed by atoms with E-state index in [1.54, 1.807) is 0 Å². The molecule has 5 aromatic carbocycles. The first-order valence-corrected chi connectivity index (χ1v) is 14.9. The summed E-state index contributed by atoms with van der Waals surface area (Å²) in [5, 5.41) is 0. The lowest BCUT2D eigenvalue weighted by atomic mass is 9.80. The highest BCUT2D eigenvalue weighted by Crippen LogP contribution is 2.52. The van der Waals surface area contributed by atoms with Gasteiger partial charge in [0.05, 0.1) is 5.70 Å². The van der Waals surface area contributed by atoms with Crippen LogP contribution in [0.1, 0.15) is 71.6 Å². The molecule has 1 aliphatic heterocycles. The summed E-state index contributed by atoms with van der Waals surface area (Å²) in [5.41, 5.74) is 17.3. The van der Waals surface area contributed by atoms with Crippen molar-refractivity contribution in [2.75, 3.05) is 0 Å². The fraction of sp³-hybridized carbons (Fsp3) is 0.175. The highest BCUT2D eigenvalue weighted by molar-refractivity contribution is 6.05. The molecular formula is C40H33N. The average molecular weight is 528 g/mol. The van der Waals surface area contributed by atoms with Gasteiger partial charge in [0.25, 0.3) is 0 Å². The number of allylic oxidation sites excluding steroid dienone is 1. The third-order valence-corrected chi connectivity index (χ3v) is 9.53. The quantitative estimate of drug-likeness (QED) is 0.217. The molecule has 0 bridgehead atoms. The van der Waals surface area contributed by atoms with Gasteiger partial charge < -0.3 is 0 Å². The van der Waals surface area contributed by atoms with Crippen molar-refractivity contribution in [2.24, 2.45) is 4.99 Å². The van der Waals surface area contributed by atoms with E-state index in [4.69, 9.17) is 4.99 Å². The lowest BCUT2D eigenvalue weighted by Gasteiger charge is -2.23. The van der Waals surface area contributed by atoms with E-state index in [1.807, 2.05) is 0 Å². The van der Waals surface area contributed by atoms with Gasteiger partial charge in [0.15, 0.2) is 0 Å². The molecule has 0 N–H and O–H groups in total. The summed E-state index contributed by atoms with van der Waals surface area (Å²) in [6.45, 7) is 4.79. The fourth-order valence-electron chi connectivity index (χ4n) is 7.29. The number of rotatable bonds is 3. The topological polar surface area (TPSA) is 12.4 Å². The second kappa shape index (κ2) is 9.28. The third-order valence-electron chi connectivity index (χ3n) is 9.53. The zero-order valence-electron chi connectivity index (χ0n) is 23.7. The molecule has 3 aliphatic rings. The van der Waals surface area contributed by atoms with Crippen LogP contribution in [-0.4, -0.2) is 5.71 Å². The largest absolute Gasteiger partial charge is 0.253 e. The molecule has 2 aliphatic carbocycles. The molecular weight excluding hydrogens is 494 g/mol. The highest BCUT2D eigenvalue weighted by Gasteiger charge is 2.37. The van der Waals surface area contributed by atoms with Crippen LogP contribution in [0.15, 0.2) is 126 Å². The van der Waals surface area contributed by atoms with Gasteiger partial charge in [0, 0.05) is 17.0 Å². The summed E-state index contributed by atoms with van der Waals surface area (Å²) in [6.07, 6.45) is 5.40. The molecule has 1 nitrogen and oxygen atoms in total. The van der Waals surface area contributed by atoms with Crippen molar-refractivity contribution in [1.82, 2.24) is 0 Å². The van der Waals surface area contributed by atoms with E-state index >= 15 is 0 Å². The maximum atomic E-state index is 5.37. The van der Waals surface area contributed by atoms with E-state index < -0.39 is 0 Å². The van der Waals surface area contributed by atoms with Crippen LogP contribution < -0.4 is 0 Å². The first kappa shape index (κ1) is 24.3. The Labute approximate surface area is 242 Å². The minimum Gasteiger partial charge on any atom is -0.253 e. The summed E-state index contributed by atoms with van der Waals surface area (Å²) in [6, 6.07) is 42.5. The van der Waals surface area contributed by atoms with E-state index in [0.717, 1.165) is 25.0 Å². The molecule has 5 aromatic rings. The van der Waals surface area contributed by atoms with E-state index in [2.05, 4.69) is 135 Å². The predicted molar refractivity (Wildman–Crippen MR) is 172 cm³/mol. The Hall–Kier alpha value is -4.49. The predicted octanol–water partition coefficient (Wildman–Crippen LogP) is 9.97. The van der Waals surface area contributed by atoms with E-state index in [-0.39, 0.29) is 5.41 Å². The zero-order chi connectivity index (χ0) is 27.6. The van der Waals surface area contributed by atoms with Crippen molar-refractivity contribution < 1.29 is 0 Å². The summed E-state index contributed by atoms with van der Waals surface area (Å²) in [7, 11) is 0. The Morgan fingerprint density at radius 2 is 1.34 bits per heavy atom. The number of benzene rings is 5. The SMILES string of the molecule is CC1(C)c2cc(C3=NC(c4ccccc4)=CC(c4ccccc4)CC3)ccc2-c2cc3c(cc21)-c1ccccc1C3. The van der Waals surface area contributed by atoms with Crippen molar-refractivity contribution >= 4 is 11.4 Å². The molecule has 41 heavy (non-hydrogen) atoms. The molecule has 8 rings (SSSR count). The summed E-state index contributed by atoms with van der Waals surface area (Å²) in [5.74, 6) is 0.341. The second-order valence-corrected chi connectivity index (χ2v) is 12.3. The maximum Gasteiger partial charge on any atom is 0.0671 e. The molecule has 1 atom stereocenters. The van der Waals surface area contributed by atoms with Crippen LogP contribution in [0.3, 0.4) is 0 Å². The van der Waals surface area contributed by atoms with E-state index in [1.165, 1.54) is 66.9 Å². The van der Waals surface area contributed by atoms with Crippen molar-refractivity contribution in [3.8, 4) is 22.3 Å². The van der Waals surface area contributed by atoms with Crippen LogP contribution in [0.5, 0.6) is 0 Å². The molecule has 1 heterocycles. The van der Waals surface area contributed by atoms with Crippen LogP contribution in [-0.2, 0) is 11.8 Å². The first-order valence-electron chi connectivity index (χ1n) is 14.9. The fourth-order valence-corrected chi connectivity index (χ4v) is 7.29. The van der Waals surface area contributed by atoms with Crippen molar-refractivity contribution in [1.29, 1.82) is 0 Å². The molecule has 0 spiro atoms. The van der Waals surface area contributed by atoms with Gasteiger partial charge in [-0.2, -0.15) is 0 Å². The van der Waals surface area contributed by atoms with Crippen LogP contribution >= 0.6 is 0 Å². The Balaban J connectivity index is 1.20. The number of nitrogens with zero attached hydrogens (tertiary/aromatic N) is 1. The molecule has 0 aromatic heterocycles. The van der Waals surface area contributed by atoms with E-state index in [9.17, 15) is 0 Å². The van der Waals surface area contributed by atoms with Gasteiger partial charge in [-0.25, -0.2) is 0 Å². The van der Waals surface area contributed by atoms with E-state index in [0.29, 0.717) is 5.92 Å².